The van der Waals surface area contributed by atoms with Crippen LogP contribution in [-0.2, 0) is 5.41 Å². The van der Waals surface area contributed by atoms with Crippen LogP contribution in [0, 0.1) is 11.3 Å². The van der Waals surface area contributed by atoms with Gasteiger partial charge in [-0.3, -0.25) is 4.98 Å². The highest BCUT2D eigenvalue weighted by Crippen LogP contribution is 2.22. The Bertz CT molecular complexity index is 367. The van der Waals surface area contributed by atoms with Crippen molar-refractivity contribution in [1.82, 2.24) is 4.98 Å². The summed E-state index contributed by atoms with van der Waals surface area (Å²) in [5.41, 5.74) is 0.161. The van der Waals surface area contributed by atoms with E-state index in [1.165, 1.54) is 18.3 Å². The molecule has 0 saturated heterocycles. The second-order valence-corrected chi connectivity index (χ2v) is 3.58. The molecule has 1 aromatic heterocycles. The predicted octanol–water partition coefficient (Wildman–Crippen LogP) is 0.866. The second kappa shape index (κ2) is 3.74. The molecular formula is C10H12N2O2. The highest BCUT2D eigenvalue weighted by atomic mass is 16.5. The Morgan fingerprint density at radius 1 is 1.50 bits per heavy atom. The fourth-order valence-corrected chi connectivity index (χ4v) is 1.01. The maximum Gasteiger partial charge on any atom is 0.178 e. The SMILES string of the molecule is CC(C)(C#N)c1cc(C(O)O)ccn1. The first-order valence-electron chi connectivity index (χ1n) is 4.21. The third kappa shape index (κ3) is 2.08. The largest absolute Gasteiger partial charge is 0.364 e. The van der Waals surface area contributed by atoms with Gasteiger partial charge in [0, 0.05) is 11.8 Å². The molecule has 0 aromatic carbocycles. The quantitative estimate of drug-likeness (QED) is 0.681. The molecule has 4 heteroatoms. The number of hydrogen-bond donors (Lipinski definition) is 2. The van der Waals surface area contributed by atoms with E-state index in [4.69, 9.17) is 15.5 Å². The van der Waals surface area contributed by atoms with Crippen LogP contribution in [-0.4, -0.2) is 15.2 Å². The van der Waals surface area contributed by atoms with Gasteiger partial charge in [0.05, 0.1) is 17.2 Å². The molecule has 0 atom stereocenters. The number of pyridine rings is 1. The Labute approximate surface area is 82.5 Å². The smallest absolute Gasteiger partial charge is 0.178 e. The van der Waals surface area contributed by atoms with Gasteiger partial charge in [-0.1, -0.05) is 0 Å². The van der Waals surface area contributed by atoms with E-state index < -0.39 is 11.7 Å². The lowest BCUT2D eigenvalue weighted by Gasteiger charge is -2.15. The molecular weight excluding hydrogens is 180 g/mol. The summed E-state index contributed by atoms with van der Waals surface area (Å²) in [6, 6.07) is 5.12. The molecule has 14 heavy (non-hydrogen) atoms. The summed E-state index contributed by atoms with van der Waals surface area (Å²) in [5.74, 6) is 0. The summed E-state index contributed by atoms with van der Waals surface area (Å²) in [5, 5.41) is 26.7. The van der Waals surface area contributed by atoms with E-state index in [0.717, 1.165) is 0 Å². The number of aliphatic hydroxyl groups excluding tert-OH is 1. The Kier molecular flexibility index (Phi) is 2.84. The van der Waals surface area contributed by atoms with E-state index in [2.05, 4.69) is 11.1 Å². The third-order valence-electron chi connectivity index (χ3n) is 2.00. The van der Waals surface area contributed by atoms with Crippen LogP contribution in [0.2, 0.25) is 0 Å². The van der Waals surface area contributed by atoms with E-state index >= 15 is 0 Å². The molecule has 0 fully saturated rings. The molecule has 1 aromatic rings. The van der Waals surface area contributed by atoms with Gasteiger partial charge in [0.15, 0.2) is 6.29 Å². The van der Waals surface area contributed by atoms with Crippen LogP contribution in [0.1, 0.15) is 31.4 Å². The van der Waals surface area contributed by atoms with Gasteiger partial charge < -0.3 is 10.2 Å². The zero-order chi connectivity index (χ0) is 10.8. The average molecular weight is 192 g/mol. The monoisotopic (exact) mass is 192 g/mol. The summed E-state index contributed by atoms with van der Waals surface area (Å²) in [7, 11) is 0. The first-order chi connectivity index (χ1) is 6.47. The van der Waals surface area contributed by atoms with Crippen LogP contribution in [0.15, 0.2) is 18.3 Å². The Hall–Kier alpha value is -1.44. The zero-order valence-electron chi connectivity index (χ0n) is 8.10. The first kappa shape index (κ1) is 10.6. The van der Waals surface area contributed by atoms with Crippen molar-refractivity contribution in [2.75, 3.05) is 0 Å². The molecule has 0 aliphatic heterocycles. The van der Waals surface area contributed by atoms with Crippen LogP contribution in [0.3, 0.4) is 0 Å². The molecule has 1 rings (SSSR count). The van der Waals surface area contributed by atoms with Gasteiger partial charge in [-0.2, -0.15) is 5.26 Å². The van der Waals surface area contributed by atoms with Gasteiger partial charge in [0.1, 0.15) is 0 Å². The van der Waals surface area contributed by atoms with Crippen molar-refractivity contribution in [3.05, 3.63) is 29.6 Å². The van der Waals surface area contributed by atoms with Gasteiger partial charge in [0.2, 0.25) is 0 Å². The lowest BCUT2D eigenvalue weighted by molar-refractivity contribution is -0.0426. The molecule has 0 radical (unpaired) electrons. The van der Waals surface area contributed by atoms with Crippen molar-refractivity contribution in [2.24, 2.45) is 0 Å². The van der Waals surface area contributed by atoms with Crippen molar-refractivity contribution in [2.45, 2.75) is 25.6 Å². The van der Waals surface area contributed by atoms with Crippen molar-refractivity contribution >= 4 is 0 Å². The van der Waals surface area contributed by atoms with E-state index in [0.29, 0.717) is 11.3 Å². The van der Waals surface area contributed by atoms with E-state index in [1.54, 1.807) is 13.8 Å². The minimum Gasteiger partial charge on any atom is -0.364 e. The van der Waals surface area contributed by atoms with Crippen molar-refractivity contribution in [1.29, 1.82) is 5.26 Å². The average Bonchev–Trinajstić information content (AvgIpc) is 2.18. The molecule has 0 saturated carbocycles. The predicted molar refractivity (Wildman–Crippen MR) is 50.1 cm³/mol. The summed E-state index contributed by atoms with van der Waals surface area (Å²) in [6.45, 7) is 3.45. The van der Waals surface area contributed by atoms with Gasteiger partial charge in [-0.25, -0.2) is 0 Å². The fourth-order valence-electron chi connectivity index (χ4n) is 1.01. The van der Waals surface area contributed by atoms with Crippen LogP contribution in [0.4, 0.5) is 0 Å². The molecule has 74 valence electrons. The van der Waals surface area contributed by atoms with Gasteiger partial charge >= 0.3 is 0 Å². The molecule has 0 aliphatic rings. The van der Waals surface area contributed by atoms with Crippen molar-refractivity contribution in [3.8, 4) is 6.07 Å². The molecule has 1 heterocycles. The molecule has 0 amide bonds. The maximum absolute atomic E-state index is 8.93. The minimum absolute atomic E-state index is 0.346. The lowest BCUT2D eigenvalue weighted by Crippen LogP contribution is -2.16. The molecule has 2 N–H and O–H groups in total. The Morgan fingerprint density at radius 3 is 2.64 bits per heavy atom. The summed E-state index contributed by atoms with van der Waals surface area (Å²) >= 11 is 0. The minimum atomic E-state index is -1.52. The summed E-state index contributed by atoms with van der Waals surface area (Å²) in [4.78, 5) is 4.02. The highest BCUT2D eigenvalue weighted by Gasteiger charge is 2.22. The molecule has 4 nitrogen and oxygen atoms in total. The number of aromatic nitrogens is 1. The molecule has 0 bridgehead atoms. The maximum atomic E-state index is 8.93. The number of nitriles is 1. The van der Waals surface area contributed by atoms with Crippen molar-refractivity contribution < 1.29 is 10.2 Å². The fraction of sp³-hybridized carbons (Fsp3) is 0.400. The number of rotatable bonds is 2. The van der Waals surface area contributed by atoms with E-state index in [-0.39, 0.29) is 0 Å². The lowest BCUT2D eigenvalue weighted by atomic mass is 9.90. The van der Waals surface area contributed by atoms with Crippen molar-refractivity contribution in [3.63, 3.8) is 0 Å². The molecule has 0 unspecified atom stereocenters. The van der Waals surface area contributed by atoms with Crippen LogP contribution in [0.5, 0.6) is 0 Å². The van der Waals surface area contributed by atoms with Crippen LogP contribution >= 0.6 is 0 Å². The van der Waals surface area contributed by atoms with E-state index in [1.807, 2.05) is 0 Å². The topological polar surface area (TPSA) is 77.1 Å². The number of hydrogen-bond acceptors (Lipinski definition) is 4. The van der Waals surface area contributed by atoms with E-state index in [9.17, 15) is 0 Å². The summed E-state index contributed by atoms with van der Waals surface area (Å²) < 4.78 is 0. The second-order valence-electron chi connectivity index (χ2n) is 3.58. The van der Waals surface area contributed by atoms with Crippen LogP contribution in [0.25, 0.3) is 0 Å². The number of nitrogens with zero attached hydrogens (tertiary/aromatic N) is 2. The standard InChI is InChI=1S/C10H12N2O2/c1-10(2,6-11)8-5-7(9(13)14)3-4-12-8/h3-5,9,13-14H,1-2H3. The summed E-state index contributed by atoms with van der Waals surface area (Å²) in [6.07, 6.45) is -0.0605. The normalized spacial score (nSPS) is 11.4. The molecule has 0 aliphatic carbocycles. The molecule has 0 spiro atoms. The van der Waals surface area contributed by atoms with Gasteiger partial charge in [0.25, 0.3) is 0 Å². The first-order valence-corrected chi connectivity index (χ1v) is 4.21. The Balaban J connectivity index is 3.14. The van der Waals surface area contributed by atoms with Gasteiger partial charge in [-0.05, 0) is 26.0 Å². The van der Waals surface area contributed by atoms with Gasteiger partial charge in [-0.15, -0.1) is 0 Å². The zero-order valence-corrected chi connectivity index (χ0v) is 8.10. The van der Waals surface area contributed by atoms with Crippen LogP contribution < -0.4 is 0 Å². The highest BCUT2D eigenvalue weighted by molar-refractivity contribution is 5.27. The Morgan fingerprint density at radius 2 is 2.14 bits per heavy atom. The third-order valence-corrected chi connectivity index (χ3v) is 2.00. The number of aliphatic hydroxyl groups is 2.